The van der Waals surface area contributed by atoms with E-state index in [9.17, 15) is 4.79 Å². The van der Waals surface area contributed by atoms with Gasteiger partial charge in [-0.2, -0.15) is 0 Å². The number of aromatic nitrogens is 1. The fraction of sp³-hybridized carbons (Fsp3) is 0.455. The Bertz CT molecular complexity index is 832. The van der Waals surface area contributed by atoms with Gasteiger partial charge < -0.3 is 19.7 Å². The van der Waals surface area contributed by atoms with Gasteiger partial charge in [0.2, 0.25) is 0 Å². The second kappa shape index (κ2) is 9.46. The molecule has 0 radical (unpaired) electrons. The molecule has 0 aliphatic carbocycles. The first-order chi connectivity index (χ1) is 13.8. The SMILES string of the molecule is CC(C)Oc1ccc(Cl)cc1C(=O)NCc1ccc(N2CC(C)OC(C)C2)nc1. The molecular formula is C22H28ClN3O3. The summed E-state index contributed by atoms with van der Waals surface area (Å²) in [5, 5.41) is 3.41. The van der Waals surface area contributed by atoms with Crippen molar-refractivity contribution in [3.8, 4) is 5.75 Å². The Morgan fingerprint density at radius 2 is 2.00 bits per heavy atom. The highest BCUT2D eigenvalue weighted by molar-refractivity contribution is 6.31. The number of hydrogen-bond donors (Lipinski definition) is 1. The minimum Gasteiger partial charge on any atom is -0.490 e. The summed E-state index contributed by atoms with van der Waals surface area (Å²) < 4.78 is 11.5. The first-order valence-corrected chi connectivity index (χ1v) is 10.3. The molecule has 7 heteroatoms. The fourth-order valence-corrected chi connectivity index (χ4v) is 3.56. The first-order valence-electron chi connectivity index (χ1n) is 9.91. The van der Waals surface area contributed by atoms with E-state index in [4.69, 9.17) is 21.1 Å². The van der Waals surface area contributed by atoms with Crippen LogP contribution in [-0.2, 0) is 11.3 Å². The number of morpholine rings is 1. The average Bonchev–Trinajstić information content (AvgIpc) is 2.67. The molecule has 1 aliphatic heterocycles. The van der Waals surface area contributed by atoms with Crippen molar-refractivity contribution >= 4 is 23.3 Å². The van der Waals surface area contributed by atoms with Crippen LogP contribution in [0, 0.1) is 0 Å². The van der Waals surface area contributed by atoms with Crippen molar-refractivity contribution in [2.75, 3.05) is 18.0 Å². The summed E-state index contributed by atoms with van der Waals surface area (Å²) in [5.74, 6) is 1.21. The van der Waals surface area contributed by atoms with Gasteiger partial charge in [-0.15, -0.1) is 0 Å². The van der Waals surface area contributed by atoms with Gasteiger partial charge in [-0.25, -0.2) is 4.98 Å². The standard InChI is InChI=1S/C22H28ClN3O3/c1-14(2)28-20-7-6-18(23)9-19(20)22(27)25-11-17-5-8-21(24-10-17)26-12-15(3)29-16(4)13-26/h5-10,14-16H,11-13H2,1-4H3,(H,25,27). The van der Waals surface area contributed by atoms with Crippen molar-refractivity contribution in [3.05, 3.63) is 52.7 Å². The number of carbonyl (C=O) groups excluding carboxylic acids is 1. The average molecular weight is 418 g/mol. The van der Waals surface area contributed by atoms with Crippen molar-refractivity contribution in [1.82, 2.24) is 10.3 Å². The number of hydrogen-bond acceptors (Lipinski definition) is 5. The summed E-state index contributed by atoms with van der Waals surface area (Å²) in [5.41, 5.74) is 1.34. The van der Waals surface area contributed by atoms with Crippen LogP contribution in [0.5, 0.6) is 5.75 Å². The Balaban J connectivity index is 1.63. The van der Waals surface area contributed by atoms with Crippen LogP contribution >= 0.6 is 11.6 Å². The molecule has 2 aromatic rings. The lowest BCUT2D eigenvalue weighted by Gasteiger charge is -2.36. The molecule has 2 unspecified atom stereocenters. The molecule has 3 rings (SSSR count). The van der Waals surface area contributed by atoms with Gasteiger partial charge in [0.25, 0.3) is 5.91 Å². The Hall–Kier alpha value is -2.31. The third-order valence-electron chi connectivity index (χ3n) is 4.55. The second-order valence-corrected chi connectivity index (χ2v) is 8.11. The van der Waals surface area contributed by atoms with Crippen molar-refractivity contribution < 1.29 is 14.3 Å². The molecule has 2 atom stereocenters. The Labute approximate surface area is 177 Å². The van der Waals surface area contributed by atoms with Crippen LogP contribution in [0.15, 0.2) is 36.5 Å². The number of anilines is 1. The molecule has 29 heavy (non-hydrogen) atoms. The van der Waals surface area contributed by atoms with E-state index >= 15 is 0 Å². The van der Waals surface area contributed by atoms with E-state index in [1.54, 1.807) is 24.4 Å². The highest BCUT2D eigenvalue weighted by Crippen LogP contribution is 2.24. The lowest BCUT2D eigenvalue weighted by atomic mass is 10.1. The summed E-state index contributed by atoms with van der Waals surface area (Å²) in [6.45, 7) is 9.98. The number of ether oxygens (including phenoxy) is 2. The first kappa shape index (κ1) is 21.4. The van der Waals surface area contributed by atoms with Crippen LogP contribution in [0.4, 0.5) is 5.82 Å². The maximum atomic E-state index is 12.7. The van der Waals surface area contributed by atoms with E-state index in [0.717, 1.165) is 24.5 Å². The zero-order valence-electron chi connectivity index (χ0n) is 17.3. The third-order valence-corrected chi connectivity index (χ3v) is 4.79. The summed E-state index contributed by atoms with van der Waals surface area (Å²) in [7, 11) is 0. The molecule has 0 saturated carbocycles. The lowest BCUT2D eigenvalue weighted by Crippen LogP contribution is -2.45. The van der Waals surface area contributed by atoms with Crippen LogP contribution in [-0.4, -0.2) is 42.3 Å². The molecule has 1 amide bonds. The van der Waals surface area contributed by atoms with E-state index in [2.05, 4.69) is 29.0 Å². The van der Waals surface area contributed by atoms with Gasteiger partial charge in [-0.05, 0) is 57.5 Å². The van der Waals surface area contributed by atoms with Crippen LogP contribution in [0.3, 0.4) is 0 Å². The van der Waals surface area contributed by atoms with Crippen molar-refractivity contribution in [1.29, 1.82) is 0 Å². The van der Waals surface area contributed by atoms with Gasteiger partial charge in [-0.1, -0.05) is 17.7 Å². The molecule has 6 nitrogen and oxygen atoms in total. The van der Waals surface area contributed by atoms with Gasteiger partial charge >= 0.3 is 0 Å². The van der Waals surface area contributed by atoms with Crippen LogP contribution in [0.1, 0.15) is 43.6 Å². The largest absolute Gasteiger partial charge is 0.490 e. The Morgan fingerprint density at radius 3 is 2.62 bits per heavy atom. The summed E-state index contributed by atoms with van der Waals surface area (Å²) in [6.07, 6.45) is 2.12. The predicted octanol–water partition coefficient (Wildman–Crippen LogP) is 4.07. The molecular weight excluding hydrogens is 390 g/mol. The lowest BCUT2D eigenvalue weighted by molar-refractivity contribution is -0.00546. The molecule has 1 aromatic carbocycles. The molecule has 1 aliphatic rings. The van der Waals surface area contributed by atoms with Crippen molar-refractivity contribution in [2.24, 2.45) is 0 Å². The quantitative estimate of drug-likeness (QED) is 0.767. The number of nitrogens with one attached hydrogen (secondary N) is 1. The van der Waals surface area contributed by atoms with E-state index in [1.165, 1.54) is 0 Å². The molecule has 0 spiro atoms. The van der Waals surface area contributed by atoms with Gasteiger partial charge in [-0.3, -0.25) is 4.79 Å². The molecule has 2 heterocycles. The molecule has 0 bridgehead atoms. The van der Waals surface area contributed by atoms with E-state index in [0.29, 0.717) is 22.9 Å². The topological polar surface area (TPSA) is 63.7 Å². The highest BCUT2D eigenvalue weighted by Gasteiger charge is 2.23. The second-order valence-electron chi connectivity index (χ2n) is 7.68. The minimum atomic E-state index is -0.233. The monoisotopic (exact) mass is 417 g/mol. The third kappa shape index (κ3) is 5.84. The summed E-state index contributed by atoms with van der Waals surface area (Å²) in [4.78, 5) is 19.5. The van der Waals surface area contributed by atoms with Crippen molar-refractivity contribution in [2.45, 2.75) is 52.6 Å². The molecule has 156 valence electrons. The summed E-state index contributed by atoms with van der Waals surface area (Å²) in [6, 6.07) is 9.02. The molecule has 1 aromatic heterocycles. The number of pyridine rings is 1. The van der Waals surface area contributed by atoms with Crippen LogP contribution < -0.4 is 15.0 Å². The van der Waals surface area contributed by atoms with Gasteiger partial charge in [0.1, 0.15) is 11.6 Å². The minimum absolute atomic E-state index is 0.0370. The zero-order chi connectivity index (χ0) is 21.0. The maximum absolute atomic E-state index is 12.7. The van der Waals surface area contributed by atoms with Crippen LogP contribution in [0.2, 0.25) is 5.02 Å². The van der Waals surface area contributed by atoms with Gasteiger partial charge in [0.05, 0.1) is 23.9 Å². The Morgan fingerprint density at radius 1 is 1.28 bits per heavy atom. The predicted molar refractivity (Wildman–Crippen MR) is 115 cm³/mol. The summed E-state index contributed by atoms with van der Waals surface area (Å²) >= 11 is 6.07. The van der Waals surface area contributed by atoms with E-state index < -0.39 is 0 Å². The maximum Gasteiger partial charge on any atom is 0.255 e. The van der Waals surface area contributed by atoms with E-state index in [1.807, 2.05) is 26.0 Å². The molecule has 1 fully saturated rings. The number of amides is 1. The molecule has 1 N–H and O–H groups in total. The number of rotatable bonds is 6. The number of carbonyl (C=O) groups is 1. The highest BCUT2D eigenvalue weighted by atomic mass is 35.5. The Kier molecular flexibility index (Phi) is 6.98. The normalized spacial score (nSPS) is 19.3. The van der Waals surface area contributed by atoms with Crippen molar-refractivity contribution in [3.63, 3.8) is 0 Å². The van der Waals surface area contributed by atoms with E-state index in [-0.39, 0.29) is 24.2 Å². The van der Waals surface area contributed by atoms with Crippen LogP contribution in [0.25, 0.3) is 0 Å². The number of nitrogens with zero attached hydrogens (tertiary/aromatic N) is 2. The number of benzene rings is 1. The fourth-order valence-electron chi connectivity index (χ4n) is 3.39. The zero-order valence-corrected chi connectivity index (χ0v) is 18.1. The van der Waals surface area contributed by atoms with Gasteiger partial charge in [0.15, 0.2) is 0 Å². The molecule has 1 saturated heterocycles. The smallest absolute Gasteiger partial charge is 0.255 e. The number of halogens is 1. The van der Waals surface area contributed by atoms with Gasteiger partial charge in [0, 0.05) is 30.9 Å².